The lowest BCUT2D eigenvalue weighted by molar-refractivity contribution is -0.137. The number of hydrogen-bond donors (Lipinski definition) is 0. The monoisotopic (exact) mass is 410 g/mol. The Morgan fingerprint density at radius 3 is 2.28 bits per heavy atom. The number of rotatable bonds is 3. The van der Waals surface area contributed by atoms with Gasteiger partial charge in [-0.3, -0.25) is 0 Å². The van der Waals surface area contributed by atoms with Crippen LogP contribution in [0.2, 0.25) is 4.34 Å². The van der Waals surface area contributed by atoms with E-state index in [4.69, 9.17) is 11.6 Å². The van der Waals surface area contributed by atoms with E-state index in [1.54, 1.807) is 11.0 Å². The first kappa shape index (κ1) is 18.5. The van der Waals surface area contributed by atoms with Gasteiger partial charge < -0.3 is 4.90 Å². The first-order chi connectivity index (χ1) is 11.7. The van der Waals surface area contributed by atoms with Crippen LogP contribution in [-0.4, -0.2) is 38.9 Å². The maximum atomic E-state index is 12.8. The van der Waals surface area contributed by atoms with Crippen molar-refractivity contribution in [1.82, 2.24) is 4.31 Å². The second-order valence-corrected chi connectivity index (χ2v) is 9.38. The third-order valence-corrected chi connectivity index (χ3v) is 7.52. The lowest BCUT2D eigenvalue weighted by Gasteiger charge is -2.35. The van der Waals surface area contributed by atoms with Gasteiger partial charge in [-0.05, 0) is 30.3 Å². The minimum absolute atomic E-state index is 0.171. The predicted octanol–water partition coefficient (Wildman–Crippen LogP) is 3.93. The van der Waals surface area contributed by atoms with Crippen molar-refractivity contribution in [2.45, 2.75) is 10.4 Å². The summed E-state index contributed by atoms with van der Waals surface area (Å²) in [5.74, 6) is 0. The van der Waals surface area contributed by atoms with Crippen LogP contribution in [0.25, 0.3) is 0 Å². The predicted molar refractivity (Wildman–Crippen MR) is 91.7 cm³/mol. The molecule has 0 unspecified atom stereocenters. The summed E-state index contributed by atoms with van der Waals surface area (Å²) in [6.07, 6.45) is -4.40. The van der Waals surface area contributed by atoms with E-state index in [0.29, 0.717) is 23.1 Å². The number of benzene rings is 1. The van der Waals surface area contributed by atoms with Crippen molar-refractivity contribution >= 4 is 38.6 Å². The van der Waals surface area contributed by atoms with Gasteiger partial charge in [-0.25, -0.2) is 8.42 Å². The van der Waals surface area contributed by atoms with Gasteiger partial charge in [0.2, 0.25) is 0 Å². The van der Waals surface area contributed by atoms with Crippen molar-refractivity contribution in [1.29, 1.82) is 0 Å². The molecule has 1 aromatic heterocycles. The Morgan fingerprint density at radius 2 is 1.72 bits per heavy atom. The summed E-state index contributed by atoms with van der Waals surface area (Å²) in [4.78, 5) is 1.75. The Labute approximate surface area is 152 Å². The molecule has 0 saturated carbocycles. The van der Waals surface area contributed by atoms with E-state index in [9.17, 15) is 21.6 Å². The third-order valence-electron chi connectivity index (χ3n) is 3.92. The Balaban J connectivity index is 1.72. The number of anilines is 1. The molecule has 2 aromatic rings. The number of thiophene rings is 1. The zero-order chi connectivity index (χ0) is 18.2. The van der Waals surface area contributed by atoms with Crippen LogP contribution in [0.15, 0.2) is 40.6 Å². The van der Waals surface area contributed by atoms with E-state index < -0.39 is 21.8 Å². The standard InChI is InChI=1S/C15H14ClF3N2O2S2/c16-13-4-5-14(24-13)25(22,23)21-8-6-20(7-9-21)12-3-1-2-11(10-12)15(17,18)19/h1-5,10H,6-9H2. The molecule has 10 heteroatoms. The fourth-order valence-electron chi connectivity index (χ4n) is 2.63. The van der Waals surface area contributed by atoms with Gasteiger partial charge >= 0.3 is 6.18 Å². The normalized spacial score (nSPS) is 17.0. The van der Waals surface area contributed by atoms with Gasteiger partial charge in [-0.1, -0.05) is 17.7 Å². The topological polar surface area (TPSA) is 40.6 Å². The molecule has 25 heavy (non-hydrogen) atoms. The highest BCUT2D eigenvalue weighted by molar-refractivity contribution is 7.91. The van der Waals surface area contributed by atoms with Gasteiger partial charge in [0.05, 0.1) is 9.90 Å². The minimum Gasteiger partial charge on any atom is -0.369 e. The molecule has 1 aliphatic rings. The molecular weight excluding hydrogens is 397 g/mol. The van der Waals surface area contributed by atoms with Crippen LogP contribution in [0, 0.1) is 0 Å². The van der Waals surface area contributed by atoms with Crippen LogP contribution in [0.1, 0.15) is 5.56 Å². The second kappa shape index (κ2) is 6.79. The van der Waals surface area contributed by atoms with Crippen LogP contribution in [0.3, 0.4) is 0 Å². The summed E-state index contributed by atoms with van der Waals surface area (Å²) >= 11 is 6.78. The molecule has 3 rings (SSSR count). The van der Waals surface area contributed by atoms with Crippen LogP contribution in [0.4, 0.5) is 18.9 Å². The molecule has 0 radical (unpaired) electrons. The number of sulfonamides is 1. The molecule has 0 aliphatic carbocycles. The molecule has 1 fully saturated rings. The van der Waals surface area contributed by atoms with Crippen molar-refractivity contribution < 1.29 is 21.6 Å². The highest BCUT2D eigenvalue weighted by atomic mass is 35.5. The molecule has 0 amide bonds. The maximum Gasteiger partial charge on any atom is 0.416 e. The van der Waals surface area contributed by atoms with E-state index >= 15 is 0 Å². The average Bonchev–Trinajstić information content (AvgIpc) is 3.02. The smallest absolute Gasteiger partial charge is 0.369 e. The second-order valence-electron chi connectivity index (χ2n) is 5.50. The maximum absolute atomic E-state index is 12.8. The van der Waals surface area contributed by atoms with Crippen molar-refractivity contribution in [2.24, 2.45) is 0 Å². The Morgan fingerprint density at radius 1 is 1.04 bits per heavy atom. The molecule has 0 spiro atoms. The van der Waals surface area contributed by atoms with E-state index in [0.717, 1.165) is 23.5 Å². The van der Waals surface area contributed by atoms with Crippen molar-refractivity contribution in [2.75, 3.05) is 31.1 Å². The van der Waals surface area contributed by atoms with E-state index in [1.807, 2.05) is 0 Å². The van der Waals surface area contributed by atoms with E-state index in [1.165, 1.54) is 22.5 Å². The largest absolute Gasteiger partial charge is 0.416 e. The zero-order valence-corrected chi connectivity index (χ0v) is 15.2. The quantitative estimate of drug-likeness (QED) is 0.769. The fourth-order valence-corrected chi connectivity index (χ4v) is 5.69. The molecule has 1 aliphatic heterocycles. The summed E-state index contributed by atoms with van der Waals surface area (Å²) in [6.45, 7) is 1.04. The summed E-state index contributed by atoms with van der Waals surface area (Å²) in [5.41, 5.74) is -0.278. The number of piperazine rings is 1. The summed E-state index contributed by atoms with van der Waals surface area (Å²) in [6, 6.07) is 8.04. The summed E-state index contributed by atoms with van der Waals surface area (Å²) in [5, 5.41) is 0. The molecule has 0 atom stereocenters. The van der Waals surface area contributed by atoms with E-state index in [-0.39, 0.29) is 17.3 Å². The highest BCUT2D eigenvalue weighted by Crippen LogP contribution is 2.33. The van der Waals surface area contributed by atoms with Gasteiger partial charge in [-0.15, -0.1) is 11.3 Å². The molecule has 0 N–H and O–H groups in total. The van der Waals surface area contributed by atoms with Gasteiger partial charge in [0.1, 0.15) is 4.21 Å². The molecular formula is C15H14ClF3N2O2S2. The van der Waals surface area contributed by atoms with Crippen LogP contribution < -0.4 is 4.90 Å². The summed E-state index contributed by atoms with van der Waals surface area (Å²) < 4.78 is 65.5. The van der Waals surface area contributed by atoms with Gasteiger partial charge in [0.15, 0.2) is 0 Å². The molecule has 4 nitrogen and oxygen atoms in total. The number of alkyl halides is 3. The lowest BCUT2D eigenvalue weighted by Crippen LogP contribution is -2.48. The minimum atomic E-state index is -4.40. The zero-order valence-electron chi connectivity index (χ0n) is 12.8. The van der Waals surface area contributed by atoms with Gasteiger partial charge in [0, 0.05) is 31.9 Å². The number of nitrogens with zero attached hydrogens (tertiary/aromatic N) is 2. The fraction of sp³-hybridized carbons (Fsp3) is 0.333. The summed E-state index contributed by atoms with van der Waals surface area (Å²) in [7, 11) is -3.62. The lowest BCUT2D eigenvalue weighted by atomic mass is 10.1. The Bertz CT molecular complexity index is 860. The Kier molecular flexibility index (Phi) is 5.02. The first-order valence-electron chi connectivity index (χ1n) is 7.35. The molecule has 1 saturated heterocycles. The SMILES string of the molecule is O=S(=O)(c1ccc(Cl)s1)N1CCN(c2cccc(C(F)(F)F)c2)CC1. The average molecular weight is 411 g/mol. The molecule has 136 valence electrons. The van der Waals surface area contributed by atoms with Gasteiger partial charge in [-0.2, -0.15) is 17.5 Å². The molecule has 0 bridgehead atoms. The van der Waals surface area contributed by atoms with Crippen molar-refractivity contribution in [3.8, 4) is 0 Å². The molecule has 1 aromatic carbocycles. The highest BCUT2D eigenvalue weighted by Gasteiger charge is 2.32. The van der Waals surface area contributed by atoms with Crippen molar-refractivity contribution in [3.63, 3.8) is 0 Å². The third kappa shape index (κ3) is 3.94. The molecule has 2 heterocycles. The van der Waals surface area contributed by atoms with E-state index in [2.05, 4.69) is 0 Å². The first-order valence-corrected chi connectivity index (χ1v) is 9.99. The van der Waals surface area contributed by atoms with Gasteiger partial charge in [0.25, 0.3) is 10.0 Å². The van der Waals surface area contributed by atoms with Crippen LogP contribution in [-0.2, 0) is 16.2 Å². The Hall–Kier alpha value is -1.29. The number of hydrogen-bond acceptors (Lipinski definition) is 4. The number of halogens is 4. The van der Waals surface area contributed by atoms with Crippen LogP contribution >= 0.6 is 22.9 Å². The van der Waals surface area contributed by atoms with Crippen molar-refractivity contribution in [3.05, 3.63) is 46.3 Å². The van der Waals surface area contributed by atoms with Crippen LogP contribution in [0.5, 0.6) is 0 Å².